The number of nitrogens with one attached hydrogen (secondary N) is 1. The highest BCUT2D eigenvalue weighted by Crippen LogP contribution is 2.32. The van der Waals surface area contributed by atoms with Crippen LogP contribution in [0.1, 0.15) is 6.42 Å². The molecule has 0 aliphatic carbocycles. The Morgan fingerprint density at radius 1 is 1.32 bits per heavy atom. The Bertz CT molecular complexity index is 675. The van der Waals surface area contributed by atoms with Crippen molar-refractivity contribution in [1.82, 2.24) is 4.72 Å². The van der Waals surface area contributed by atoms with Crippen molar-refractivity contribution in [2.45, 2.75) is 23.3 Å². The molecule has 0 aromatic heterocycles. The number of hydrogen-bond donors (Lipinski definition) is 2. The fourth-order valence-electron chi connectivity index (χ4n) is 2.34. The van der Waals surface area contributed by atoms with Gasteiger partial charge in [0.15, 0.2) is 0 Å². The van der Waals surface area contributed by atoms with E-state index in [-0.39, 0.29) is 19.8 Å². The quantitative estimate of drug-likeness (QED) is 0.691. The van der Waals surface area contributed by atoms with Crippen molar-refractivity contribution in [1.29, 1.82) is 0 Å². The predicted octanol–water partition coefficient (Wildman–Crippen LogP) is 1.75. The molecule has 1 aliphatic heterocycles. The maximum Gasteiger partial charge on any atom is 0.573 e. The first-order valence-corrected chi connectivity index (χ1v) is 9.98. The zero-order chi connectivity index (χ0) is 18.6. The molecule has 2 rings (SSSR count). The maximum atomic E-state index is 12.5. The van der Waals surface area contributed by atoms with E-state index in [1.807, 2.05) is 0 Å². The summed E-state index contributed by atoms with van der Waals surface area (Å²) in [5.74, 6) is 0.491. The molecule has 1 unspecified atom stereocenters. The SMILES string of the molecule is O=S(=O)(NCC1(OCCO)CCSC1)c1ccccc1OC(F)(F)F. The molecule has 1 heterocycles. The van der Waals surface area contributed by atoms with Crippen molar-refractivity contribution in [3.63, 3.8) is 0 Å². The summed E-state index contributed by atoms with van der Waals surface area (Å²) in [6.07, 6.45) is -4.43. The third kappa shape index (κ3) is 5.74. The van der Waals surface area contributed by atoms with Gasteiger partial charge in [-0.15, -0.1) is 13.2 Å². The highest BCUT2D eigenvalue weighted by molar-refractivity contribution is 7.99. The molecule has 1 aromatic rings. The van der Waals surface area contributed by atoms with Crippen molar-refractivity contribution in [3.05, 3.63) is 24.3 Å². The van der Waals surface area contributed by atoms with E-state index in [1.54, 1.807) is 11.8 Å². The zero-order valence-electron chi connectivity index (χ0n) is 13.1. The fraction of sp³-hybridized carbons (Fsp3) is 0.571. The van der Waals surface area contributed by atoms with Crippen LogP contribution in [0.25, 0.3) is 0 Å². The van der Waals surface area contributed by atoms with Crippen LogP contribution in [-0.2, 0) is 14.8 Å². The van der Waals surface area contributed by atoms with Gasteiger partial charge in [0.05, 0.1) is 18.8 Å². The molecule has 0 bridgehead atoms. The highest BCUT2D eigenvalue weighted by atomic mass is 32.2. The minimum Gasteiger partial charge on any atom is -0.404 e. The second-order valence-corrected chi connectivity index (χ2v) is 8.22. The summed E-state index contributed by atoms with van der Waals surface area (Å²) < 4.78 is 73.9. The first-order chi connectivity index (χ1) is 11.7. The van der Waals surface area contributed by atoms with E-state index in [4.69, 9.17) is 9.84 Å². The molecule has 2 N–H and O–H groups in total. The van der Waals surface area contributed by atoms with Crippen molar-refractivity contribution in [3.8, 4) is 5.75 Å². The lowest BCUT2D eigenvalue weighted by Crippen LogP contribution is -2.45. The average Bonchev–Trinajstić information content (AvgIpc) is 2.99. The number of benzene rings is 1. The molecule has 11 heteroatoms. The molecule has 1 fully saturated rings. The number of thioether (sulfide) groups is 1. The van der Waals surface area contributed by atoms with Crippen LogP contribution in [0.15, 0.2) is 29.2 Å². The monoisotopic (exact) mass is 401 g/mol. The maximum absolute atomic E-state index is 12.5. The van der Waals surface area contributed by atoms with Gasteiger partial charge in [-0.2, -0.15) is 11.8 Å². The van der Waals surface area contributed by atoms with Gasteiger partial charge in [-0.3, -0.25) is 0 Å². The van der Waals surface area contributed by atoms with Gasteiger partial charge in [-0.25, -0.2) is 13.1 Å². The molecule has 142 valence electrons. The van der Waals surface area contributed by atoms with Gasteiger partial charge in [-0.1, -0.05) is 12.1 Å². The molecule has 1 atom stereocenters. The molecule has 0 saturated carbocycles. The molecule has 0 spiro atoms. The highest BCUT2D eigenvalue weighted by Gasteiger charge is 2.38. The van der Waals surface area contributed by atoms with E-state index in [0.29, 0.717) is 12.2 Å². The smallest absolute Gasteiger partial charge is 0.404 e. The minimum atomic E-state index is -5.00. The summed E-state index contributed by atoms with van der Waals surface area (Å²) in [6.45, 7) is -0.264. The molecule has 0 amide bonds. The van der Waals surface area contributed by atoms with Gasteiger partial charge in [0.1, 0.15) is 10.6 Å². The Morgan fingerprint density at radius 3 is 2.64 bits per heavy atom. The zero-order valence-corrected chi connectivity index (χ0v) is 14.7. The Hall–Kier alpha value is -1.01. The average molecular weight is 401 g/mol. The minimum absolute atomic E-state index is 0.0516. The first kappa shape index (κ1) is 20.3. The molecule has 6 nitrogen and oxygen atoms in total. The lowest BCUT2D eigenvalue weighted by molar-refractivity contribution is -0.275. The van der Waals surface area contributed by atoms with Crippen molar-refractivity contribution in [2.75, 3.05) is 31.3 Å². The topological polar surface area (TPSA) is 84.9 Å². The summed E-state index contributed by atoms with van der Waals surface area (Å²) in [7, 11) is -4.24. The van der Waals surface area contributed by atoms with Gasteiger partial charge in [0.2, 0.25) is 10.0 Å². The number of rotatable bonds is 8. The van der Waals surface area contributed by atoms with E-state index in [1.165, 1.54) is 12.1 Å². The van der Waals surface area contributed by atoms with Crippen LogP contribution in [0.4, 0.5) is 13.2 Å². The number of aliphatic hydroxyl groups excluding tert-OH is 1. The summed E-state index contributed by atoms with van der Waals surface area (Å²) in [5, 5.41) is 8.90. The summed E-state index contributed by atoms with van der Waals surface area (Å²) in [5.41, 5.74) is -0.791. The van der Waals surface area contributed by atoms with Crippen LogP contribution in [-0.4, -0.2) is 56.8 Å². The van der Waals surface area contributed by atoms with Crippen LogP contribution >= 0.6 is 11.8 Å². The predicted molar refractivity (Wildman–Crippen MR) is 86.0 cm³/mol. The largest absolute Gasteiger partial charge is 0.573 e. The third-order valence-electron chi connectivity index (χ3n) is 3.52. The van der Waals surface area contributed by atoms with E-state index in [2.05, 4.69) is 9.46 Å². The molecule has 25 heavy (non-hydrogen) atoms. The van der Waals surface area contributed by atoms with Crippen molar-refractivity contribution < 1.29 is 36.2 Å². The van der Waals surface area contributed by atoms with Gasteiger partial charge in [0, 0.05) is 12.3 Å². The summed E-state index contributed by atoms with van der Waals surface area (Å²) >= 11 is 1.57. The Labute approximate surface area is 147 Å². The number of sulfonamides is 1. The Kier molecular flexibility index (Phi) is 6.60. The lowest BCUT2D eigenvalue weighted by atomic mass is 10.0. The van der Waals surface area contributed by atoms with Crippen LogP contribution in [0.3, 0.4) is 0 Å². The number of aliphatic hydroxyl groups is 1. The number of para-hydroxylation sites is 1. The normalized spacial score (nSPS) is 21.4. The van der Waals surface area contributed by atoms with Gasteiger partial charge >= 0.3 is 6.36 Å². The third-order valence-corrected chi connectivity index (χ3v) is 6.18. The molecule has 1 saturated heterocycles. The van der Waals surface area contributed by atoms with Gasteiger partial charge in [0.25, 0.3) is 0 Å². The van der Waals surface area contributed by atoms with Crippen LogP contribution in [0.2, 0.25) is 0 Å². The van der Waals surface area contributed by atoms with Crippen molar-refractivity contribution in [2.24, 2.45) is 0 Å². The molecule has 1 aromatic carbocycles. The van der Waals surface area contributed by atoms with E-state index in [0.717, 1.165) is 17.9 Å². The molecule has 1 aliphatic rings. The number of hydrogen-bond acceptors (Lipinski definition) is 6. The fourth-order valence-corrected chi connectivity index (χ4v) is 4.94. The van der Waals surface area contributed by atoms with Crippen molar-refractivity contribution >= 4 is 21.8 Å². The first-order valence-electron chi connectivity index (χ1n) is 7.34. The van der Waals surface area contributed by atoms with Gasteiger partial charge < -0.3 is 14.6 Å². The molecular weight excluding hydrogens is 383 g/mol. The second-order valence-electron chi connectivity index (χ2n) is 5.38. The molecule has 0 radical (unpaired) electrons. The van der Waals surface area contributed by atoms with Crippen LogP contribution in [0.5, 0.6) is 5.75 Å². The van der Waals surface area contributed by atoms with E-state index < -0.39 is 32.6 Å². The van der Waals surface area contributed by atoms with E-state index >= 15 is 0 Å². The Balaban J connectivity index is 2.16. The summed E-state index contributed by atoms with van der Waals surface area (Å²) in [6, 6.07) is 4.53. The standard InChI is InChI=1S/C14H18F3NO5S2/c15-14(16,17)23-11-3-1-2-4-12(11)25(20,21)18-9-13(22-7-6-19)5-8-24-10-13/h1-4,18-19H,5-10H2. The van der Waals surface area contributed by atoms with Crippen LogP contribution < -0.4 is 9.46 Å². The molecular formula is C14H18F3NO5S2. The van der Waals surface area contributed by atoms with Crippen LogP contribution in [0, 0.1) is 0 Å². The summed E-state index contributed by atoms with van der Waals surface area (Å²) in [4.78, 5) is -0.602. The second kappa shape index (κ2) is 8.12. The lowest BCUT2D eigenvalue weighted by Gasteiger charge is -2.28. The number of alkyl halides is 3. The van der Waals surface area contributed by atoms with Gasteiger partial charge in [-0.05, 0) is 24.3 Å². The van der Waals surface area contributed by atoms with E-state index in [9.17, 15) is 21.6 Å². The number of halogens is 3. The number of ether oxygens (including phenoxy) is 2. The Morgan fingerprint density at radius 2 is 2.04 bits per heavy atom.